The number of hydrogen-bond donors (Lipinski definition) is 2. The molecule has 12 heteroatoms. The number of anilines is 2. The molecule has 0 saturated carbocycles. The van der Waals surface area contributed by atoms with E-state index >= 15 is 0 Å². The van der Waals surface area contributed by atoms with Crippen LogP contribution in [-0.2, 0) is 7.05 Å². The molecule has 1 saturated heterocycles. The number of rotatable bonds is 5. The molecule has 3 aromatic heterocycles. The van der Waals surface area contributed by atoms with Gasteiger partial charge >= 0.3 is 0 Å². The lowest BCUT2D eigenvalue weighted by Gasteiger charge is -2.37. The Labute approximate surface area is 163 Å². The van der Waals surface area contributed by atoms with Crippen LogP contribution in [0, 0.1) is 0 Å². The van der Waals surface area contributed by atoms with Gasteiger partial charge in [0.2, 0.25) is 0 Å². The van der Waals surface area contributed by atoms with E-state index in [0.717, 1.165) is 0 Å². The Morgan fingerprint density at radius 3 is 2.93 bits per heavy atom. The summed E-state index contributed by atoms with van der Waals surface area (Å²) >= 11 is 0. The van der Waals surface area contributed by atoms with E-state index in [4.69, 9.17) is 5.73 Å². The van der Waals surface area contributed by atoms with Gasteiger partial charge in [0.25, 0.3) is 12.3 Å². The Hall–Kier alpha value is -3.15. The van der Waals surface area contributed by atoms with Crippen LogP contribution in [0.15, 0.2) is 24.7 Å². The molecule has 3 aromatic rings. The summed E-state index contributed by atoms with van der Waals surface area (Å²) in [6.45, 7) is 0.717. The molecule has 4 heterocycles. The van der Waals surface area contributed by atoms with Gasteiger partial charge in [-0.3, -0.25) is 9.48 Å². The molecule has 9 nitrogen and oxygen atoms in total. The number of aryl methyl sites for hydroxylation is 1. The quantitative estimate of drug-likeness (QED) is 0.660. The maximum absolute atomic E-state index is 14.9. The number of hydrogen-bond acceptors (Lipinski definition) is 6. The summed E-state index contributed by atoms with van der Waals surface area (Å²) in [4.78, 5) is 17.5. The monoisotopic (exact) mass is 408 g/mol. The van der Waals surface area contributed by atoms with Crippen molar-refractivity contribution in [2.75, 3.05) is 18.0 Å². The molecule has 1 aliphatic rings. The van der Waals surface area contributed by atoms with E-state index < -0.39 is 30.2 Å². The van der Waals surface area contributed by atoms with Crippen LogP contribution >= 0.6 is 0 Å². The molecule has 154 valence electrons. The predicted molar refractivity (Wildman–Crippen MR) is 98.0 cm³/mol. The average Bonchev–Trinajstić information content (AvgIpc) is 3.27. The van der Waals surface area contributed by atoms with Crippen molar-refractivity contribution in [1.29, 1.82) is 0 Å². The maximum Gasteiger partial charge on any atom is 0.284 e. The van der Waals surface area contributed by atoms with Crippen molar-refractivity contribution in [1.82, 2.24) is 29.7 Å². The lowest BCUT2D eigenvalue weighted by Crippen LogP contribution is -2.51. The van der Waals surface area contributed by atoms with Gasteiger partial charge in [0.1, 0.15) is 17.6 Å². The van der Waals surface area contributed by atoms with Crippen molar-refractivity contribution in [3.63, 3.8) is 0 Å². The first kappa shape index (κ1) is 19.2. The Balaban J connectivity index is 1.90. The molecule has 2 atom stereocenters. The second-order valence-corrected chi connectivity index (χ2v) is 6.80. The third kappa shape index (κ3) is 3.39. The number of alkyl halides is 3. The highest BCUT2D eigenvalue weighted by Crippen LogP contribution is 2.36. The zero-order valence-corrected chi connectivity index (χ0v) is 15.5. The number of nitrogens with one attached hydrogen (secondary N) is 1. The standard InChI is InChI=1S/C17H19F3N8O/c1-26-8-12(14(25-26)15(19)20)28(11-7-22-4-2-10(11)18)13-3-5-27-17(24-13)9(6-23-27)16(21)29/h3,5-6,8,10-11,15,22H,2,4,7H2,1H3,(H2,21,29). The van der Waals surface area contributed by atoms with Crippen LogP contribution in [0.2, 0.25) is 0 Å². The average molecular weight is 408 g/mol. The van der Waals surface area contributed by atoms with Crippen LogP contribution < -0.4 is 16.0 Å². The lowest BCUT2D eigenvalue weighted by molar-refractivity contribution is 0.100. The van der Waals surface area contributed by atoms with Crippen LogP contribution in [-0.4, -0.2) is 55.6 Å². The van der Waals surface area contributed by atoms with E-state index in [2.05, 4.69) is 20.5 Å². The second-order valence-electron chi connectivity index (χ2n) is 6.80. The predicted octanol–water partition coefficient (Wildman–Crippen LogP) is 1.34. The summed E-state index contributed by atoms with van der Waals surface area (Å²) in [6, 6.07) is 0.731. The van der Waals surface area contributed by atoms with Crippen molar-refractivity contribution in [2.24, 2.45) is 12.8 Å². The first-order valence-corrected chi connectivity index (χ1v) is 8.96. The molecule has 1 aliphatic heterocycles. The number of aromatic nitrogens is 5. The van der Waals surface area contributed by atoms with Crippen molar-refractivity contribution in [2.45, 2.75) is 25.1 Å². The summed E-state index contributed by atoms with van der Waals surface area (Å²) < 4.78 is 44.7. The SMILES string of the molecule is Cn1cc(N(c2ccn3ncc(C(N)=O)c3n2)C2CNCCC2F)c(C(F)F)n1. The highest BCUT2D eigenvalue weighted by Gasteiger charge is 2.36. The Morgan fingerprint density at radius 2 is 2.24 bits per heavy atom. The maximum atomic E-state index is 14.9. The minimum atomic E-state index is -2.86. The minimum absolute atomic E-state index is 0.0517. The molecule has 1 fully saturated rings. The molecule has 0 spiro atoms. The van der Waals surface area contributed by atoms with Crippen LogP contribution in [0.4, 0.5) is 24.7 Å². The van der Waals surface area contributed by atoms with Crippen LogP contribution in [0.3, 0.4) is 0 Å². The van der Waals surface area contributed by atoms with Gasteiger partial charge in [-0.2, -0.15) is 10.2 Å². The van der Waals surface area contributed by atoms with E-state index in [1.54, 1.807) is 0 Å². The summed E-state index contributed by atoms with van der Waals surface area (Å²) in [5.74, 6) is -0.541. The molecular weight excluding hydrogens is 389 g/mol. The van der Waals surface area contributed by atoms with E-state index in [9.17, 15) is 18.0 Å². The fourth-order valence-corrected chi connectivity index (χ4v) is 3.54. The van der Waals surface area contributed by atoms with E-state index in [-0.39, 0.29) is 35.7 Å². The Morgan fingerprint density at radius 1 is 1.45 bits per heavy atom. The summed E-state index contributed by atoms with van der Waals surface area (Å²) in [5, 5.41) is 10.9. The molecule has 29 heavy (non-hydrogen) atoms. The second kappa shape index (κ2) is 7.35. The number of nitrogens with two attached hydrogens (primary N) is 1. The van der Waals surface area contributed by atoms with Gasteiger partial charge < -0.3 is 16.0 Å². The van der Waals surface area contributed by atoms with Gasteiger partial charge in [0, 0.05) is 26.0 Å². The van der Waals surface area contributed by atoms with Crippen LogP contribution in [0.25, 0.3) is 5.65 Å². The zero-order chi connectivity index (χ0) is 20.7. The van der Waals surface area contributed by atoms with E-state index in [1.807, 2.05) is 0 Å². The highest BCUT2D eigenvalue weighted by atomic mass is 19.3. The van der Waals surface area contributed by atoms with E-state index in [1.165, 1.54) is 45.8 Å². The number of fused-ring (bicyclic) bond motifs is 1. The largest absolute Gasteiger partial charge is 0.365 e. The van der Waals surface area contributed by atoms with Gasteiger partial charge in [-0.25, -0.2) is 22.7 Å². The zero-order valence-electron chi connectivity index (χ0n) is 15.5. The lowest BCUT2D eigenvalue weighted by atomic mass is 10.0. The number of piperidine rings is 1. The first-order valence-electron chi connectivity index (χ1n) is 8.96. The van der Waals surface area contributed by atoms with Gasteiger partial charge in [-0.05, 0) is 19.0 Å². The molecule has 1 amide bonds. The van der Waals surface area contributed by atoms with Gasteiger partial charge in [0.05, 0.1) is 17.9 Å². The molecule has 2 unspecified atom stereocenters. The van der Waals surface area contributed by atoms with Crippen LogP contribution in [0.1, 0.15) is 28.9 Å². The smallest absolute Gasteiger partial charge is 0.284 e. The fourth-order valence-electron chi connectivity index (χ4n) is 3.54. The van der Waals surface area contributed by atoms with Gasteiger partial charge in [-0.15, -0.1) is 0 Å². The van der Waals surface area contributed by atoms with E-state index in [0.29, 0.717) is 6.54 Å². The Bertz CT molecular complexity index is 1050. The van der Waals surface area contributed by atoms with Crippen molar-refractivity contribution in [3.8, 4) is 0 Å². The number of amides is 1. The van der Waals surface area contributed by atoms with Crippen molar-refractivity contribution >= 4 is 23.1 Å². The molecule has 0 aliphatic carbocycles. The summed E-state index contributed by atoms with van der Waals surface area (Å²) in [5.41, 5.74) is 5.17. The molecule has 0 aromatic carbocycles. The third-order valence-electron chi connectivity index (χ3n) is 4.87. The summed E-state index contributed by atoms with van der Waals surface area (Å²) in [6.07, 6.45) is 0.281. The Kier molecular flexibility index (Phi) is 4.86. The summed E-state index contributed by atoms with van der Waals surface area (Å²) in [7, 11) is 1.51. The normalized spacial score (nSPS) is 19.8. The topological polar surface area (TPSA) is 106 Å². The molecule has 0 radical (unpaired) electrons. The number of nitrogens with zero attached hydrogens (tertiary/aromatic N) is 6. The number of primary amides is 1. The van der Waals surface area contributed by atoms with Crippen molar-refractivity contribution < 1.29 is 18.0 Å². The molecular formula is C17H19F3N8O. The molecule has 0 bridgehead atoms. The highest BCUT2D eigenvalue weighted by molar-refractivity contribution is 5.98. The fraction of sp³-hybridized carbons (Fsp3) is 0.412. The number of carbonyl (C=O) groups is 1. The molecule has 3 N–H and O–H groups in total. The third-order valence-corrected chi connectivity index (χ3v) is 4.87. The number of carbonyl (C=O) groups excluding carboxylic acids is 1. The van der Waals surface area contributed by atoms with Gasteiger partial charge in [0.15, 0.2) is 11.3 Å². The molecule has 4 rings (SSSR count). The first-order chi connectivity index (χ1) is 13.9. The number of halogens is 3. The van der Waals surface area contributed by atoms with Crippen molar-refractivity contribution in [3.05, 3.63) is 35.9 Å². The van der Waals surface area contributed by atoms with Gasteiger partial charge in [-0.1, -0.05) is 0 Å². The van der Waals surface area contributed by atoms with Crippen LogP contribution in [0.5, 0.6) is 0 Å². The minimum Gasteiger partial charge on any atom is -0.365 e.